The summed E-state index contributed by atoms with van der Waals surface area (Å²) in [4.78, 5) is 0. The normalized spacial score (nSPS) is 11.4. The molecule has 0 aromatic heterocycles. The first-order valence-corrected chi connectivity index (χ1v) is 17.7. The molecule has 0 heterocycles. The molecule has 2 aromatic carbocycles. The Morgan fingerprint density at radius 3 is 0.889 bits per heavy atom. The zero-order chi connectivity index (χ0) is 21.1. The van der Waals surface area contributed by atoms with E-state index in [2.05, 4.69) is 128 Å². The molecule has 2 rings (SSSR count). The Bertz CT molecular complexity index is 538. The Kier molecular flexibility index (Phi) is 12.8. The van der Waals surface area contributed by atoms with E-state index in [9.17, 15) is 0 Å². The van der Waals surface area contributed by atoms with Gasteiger partial charge in [-0.2, -0.15) is 0 Å². The van der Waals surface area contributed by atoms with E-state index in [-0.39, 0.29) is 38.7 Å². The van der Waals surface area contributed by atoms with E-state index in [1.165, 1.54) is 10.4 Å². The molecule has 2 aromatic rings. The Labute approximate surface area is 183 Å². The molecule has 0 bridgehead atoms. The van der Waals surface area contributed by atoms with Crippen LogP contribution in [0.15, 0.2) is 60.7 Å². The fourth-order valence-corrected chi connectivity index (χ4v) is 10.8. The second kappa shape index (κ2) is 13.0. The van der Waals surface area contributed by atoms with Gasteiger partial charge in [-0.25, -0.2) is 0 Å². The van der Waals surface area contributed by atoms with Gasteiger partial charge in [0.1, 0.15) is 0 Å². The second-order valence-corrected chi connectivity index (χ2v) is 23.8. The van der Waals surface area contributed by atoms with Gasteiger partial charge in [0.25, 0.3) is 0 Å². The SMILES string of the molecule is C[C](C)(C)[Sn][C](C)(C)C.C[Si](C)c1ccccc1.C[Si](C)c1ccccc1. The molecule has 0 saturated heterocycles. The van der Waals surface area contributed by atoms with E-state index in [0.29, 0.717) is 6.86 Å². The van der Waals surface area contributed by atoms with Gasteiger partial charge in [-0.3, -0.25) is 0 Å². The van der Waals surface area contributed by atoms with Crippen molar-refractivity contribution >= 4 is 49.1 Å². The molecule has 0 aliphatic rings. The van der Waals surface area contributed by atoms with Crippen LogP contribution in [0.4, 0.5) is 0 Å². The van der Waals surface area contributed by atoms with Crippen LogP contribution in [0.3, 0.4) is 0 Å². The summed E-state index contributed by atoms with van der Waals surface area (Å²) in [6, 6.07) is 21.4. The fourth-order valence-electron chi connectivity index (χ4n) is 2.67. The first kappa shape index (κ1) is 26.7. The van der Waals surface area contributed by atoms with E-state index in [1.807, 2.05) is 0 Å². The van der Waals surface area contributed by atoms with Crippen LogP contribution < -0.4 is 10.4 Å². The van der Waals surface area contributed by atoms with E-state index in [4.69, 9.17) is 0 Å². The topological polar surface area (TPSA) is 0 Å². The number of hydrogen-bond acceptors (Lipinski definition) is 0. The summed E-state index contributed by atoms with van der Waals surface area (Å²) in [5.74, 6) is 0. The molecule has 148 valence electrons. The smallest absolute Gasteiger partial charge is 0.0671 e. The molecule has 0 fully saturated rings. The molecule has 0 N–H and O–H groups in total. The van der Waals surface area contributed by atoms with Crippen LogP contribution in [-0.4, -0.2) is 38.7 Å². The van der Waals surface area contributed by atoms with Gasteiger partial charge in [0, 0.05) is 0 Å². The Morgan fingerprint density at radius 2 is 0.778 bits per heavy atom. The van der Waals surface area contributed by atoms with Crippen molar-refractivity contribution in [2.75, 3.05) is 0 Å². The monoisotopic (exact) mass is 504 g/mol. The maximum Gasteiger partial charge on any atom is 0.0791 e. The summed E-state index contributed by atoms with van der Waals surface area (Å²) in [5, 5.41) is 3.03. The van der Waals surface area contributed by atoms with Crippen molar-refractivity contribution in [3.05, 3.63) is 60.7 Å². The number of hydrogen-bond donors (Lipinski definition) is 0. The van der Waals surface area contributed by atoms with Crippen molar-refractivity contribution in [2.45, 2.75) is 74.6 Å². The summed E-state index contributed by atoms with van der Waals surface area (Å²) < 4.78 is 1.31. The zero-order valence-electron chi connectivity index (χ0n) is 19.3. The van der Waals surface area contributed by atoms with Crippen LogP contribution in [-0.2, 0) is 0 Å². The third kappa shape index (κ3) is 16.3. The van der Waals surface area contributed by atoms with Gasteiger partial charge in [0.05, 0.1) is 17.6 Å². The van der Waals surface area contributed by atoms with Gasteiger partial charge >= 0.3 is 69.5 Å². The molecule has 0 nitrogen and oxygen atoms in total. The Hall–Kier alpha value is -0.328. The molecule has 0 aliphatic carbocycles. The van der Waals surface area contributed by atoms with Gasteiger partial charge in [-0.1, -0.05) is 97.2 Å². The zero-order valence-corrected chi connectivity index (χ0v) is 24.1. The van der Waals surface area contributed by atoms with Crippen LogP contribution in [0.5, 0.6) is 0 Å². The van der Waals surface area contributed by atoms with Crippen LogP contribution in [0.1, 0.15) is 41.5 Å². The molecule has 27 heavy (non-hydrogen) atoms. The third-order valence-corrected chi connectivity index (χ3v) is 10.7. The number of rotatable bonds is 2. The Morgan fingerprint density at radius 1 is 0.519 bits per heavy atom. The van der Waals surface area contributed by atoms with E-state index in [1.54, 1.807) is 0 Å². The van der Waals surface area contributed by atoms with E-state index >= 15 is 0 Å². The molecule has 3 heteroatoms. The molecule has 4 radical (unpaired) electrons. The average Bonchev–Trinajstić information content (AvgIpc) is 2.54. The molecule has 0 spiro atoms. The minimum Gasteiger partial charge on any atom is -0.0671 e. The largest absolute Gasteiger partial charge is 0.0791 e. The third-order valence-electron chi connectivity index (χ3n) is 3.45. The average molecular weight is 503 g/mol. The standard InChI is InChI=1S/2C8H11Si.2C4H9.Sn/c2*1-9(2)8-6-4-3-5-7-8;2*1-4(2)3;/h2*3-7H,1-2H3;2*1-3H3;. The van der Waals surface area contributed by atoms with Crippen LogP contribution in [0.25, 0.3) is 0 Å². The maximum atomic E-state index is 2.37. The minimum atomic E-state index is -0.212. The van der Waals surface area contributed by atoms with Crippen molar-refractivity contribution in [1.29, 1.82) is 0 Å². The summed E-state index contributed by atoms with van der Waals surface area (Å²) >= 11 is -0.182. The van der Waals surface area contributed by atoms with Crippen LogP contribution in [0, 0.1) is 0 Å². The summed E-state index contributed by atoms with van der Waals surface area (Å²) in [6.45, 7) is 23.4. The van der Waals surface area contributed by atoms with Crippen molar-refractivity contribution in [1.82, 2.24) is 0 Å². The first-order chi connectivity index (χ1) is 12.3. The Balaban J connectivity index is 0.000000376. The van der Waals surface area contributed by atoms with Gasteiger partial charge < -0.3 is 0 Å². The van der Waals surface area contributed by atoms with Gasteiger partial charge in [-0.15, -0.1) is 0 Å². The van der Waals surface area contributed by atoms with Crippen molar-refractivity contribution in [3.63, 3.8) is 0 Å². The molecule has 0 amide bonds. The first-order valence-electron chi connectivity index (χ1n) is 9.82. The van der Waals surface area contributed by atoms with Crippen molar-refractivity contribution in [2.24, 2.45) is 0 Å². The summed E-state index contributed by atoms with van der Waals surface area (Å²) in [7, 11) is -0.424. The summed E-state index contributed by atoms with van der Waals surface area (Å²) in [5.41, 5.74) is 0. The van der Waals surface area contributed by atoms with Crippen molar-refractivity contribution in [3.8, 4) is 0 Å². The molecule has 0 aliphatic heterocycles. The predicted octanol–water partition coefficient (Wildman–Crippen LogP) is 6.42. The summed E-state index contributed by atoms with van der Waals surface area (Å²) in [6.07, 6.45) is 0. The van der Waals surface area contributed by atoms with Gasteiger partial charge in [0.2, 0.25) is 0 Å². The van der Waals surface area contributed by atoms with E-state index < -0.39 is 0 Å². The predicted molar refractivity (Wildman–Crippen MR) is 132 cm³/mol. The van der Waals surface area contributed by atoms with Gasteiger partial charge in [0.15, 0.2) is 0 Å². The molecular formula is C24H40Si2Sn. The van der Waals surface area contributed by atoms with Crippen LogP contribution >= 0.6 is 0 Å². The fraction of sp³-hybridized carbons (Fsp3) is 0.500. The quantitative estimate of drug-likeness (QED) is 0.415. The second-order valence-electron chi connectivity index (χ2n) is 9.36. The van der Waals surface area contributed by atoms with Crippen LogP contribution in [0.2, 0.25) is 33.0 Å². The molecular weight excluding hydrogens is 463 g/mol. The van der Waals surface area contributed by atoms with E-state index in [0.717, 1.165) is 0 Å². The molecule has 0 atom stereocenters. The minimum absolute atomic E-state index is 0.182. The van der Waals surface area contributed by atoms with Crippen molar-refractivity contribution < 1.29 is 0 Å². The van der Waals surface area contributed by atoms with Gasteiger partial charge in [-0.05, 0) is 0 Å². The molecule has 0 saturated carbocycles. The molecule has 0 unspecified atom stereocenters. The number of benzene rings is 2. The maximum absolute atomic E-state index is 2.37.